The van der Waals surface area contributed by atoms with Crippen molar-refractivity contribution in [3.05, 3.63) is 35.9 Å². The van der Waals surface area contributed by atoms with E-state index in [2.05, 4.69) is 15.6 Å². The largest absolute Gasteiger partial charge is 0.444 e. The number of esters is 1. The number of nitrogens with one attached hydrogen (secondary N) is 2. The monoisotopic (exact) mass is 579 g/mol. The summed E-state index contributed by atoms with van der Waals surface area (Å²) < 4.78 is 40.1. The Morgan fingerprint density at radius 3 is 1.98 bits per heavy atom. The molecule has 0 aromatic heterocycles. The number of benzene rings is 1. The molecule has 0 radical (unpaired) electrons. The number of rotatable bonds is 6. The Bertz CT molecular complexity index is 1080. The molecule has 13 nitrogen and oxygen atoms in total. The molecule has 0 saturated carbocycles. The Morgan fingerprint density at radius 1 is 0.927 bits per heavy atom. The highest BCUT2D eigenvalue weighted by atomic mass is 16.8. The Kier molecular flexibility index (Phi) is 10.0. The van der Waals surface area contributed by atoms with Gasteiger partial charge in [-0.15, -0.1) is 0 Å². The van der Waals surface area contributed by atoms with E-state index in [-0.39, 0.29) is 12.5 Å². The number of aliphatic imine (C=N–C) groups is 1. The number of carbonyl (C=O) groups is 3. The molecule has 2 fully saturated rings. The Morgan fingerprint density at radius 2 is 1.46 bits per heavy atom. The van der Waals surface area contributed by atoms with Crippen molar-refractivity contribution in [3.8, 4) is 0 Å². The van der Waals surface area contributed by atoms with E-state index in [9.17, 15) is 14.4 Å². The molecule has 0 unspecified atom stereocenters. The summed E-state index contributed by atoms with van der Waals surface area (Å²) in [5.41, 5.74) is -1.23. The molecule has 2 saturated heterocycles. The van der Waals surface area contributed by atoms with Crippen LogP contribution in [0.2, 0.25) is 0 Å². The molecule has 2 heterocycles. The Hall–Kier alpha value is -3.26. The van der Waals surface area contributed by atoms with Crippen molar-refractivity contribution in [2.45, 2.75) is 103 Å². The maximum Gasteiger partial charge on any atom is 0.414 e. The van der Waals surface area contributed by atoms with E-state index < -0.39 is 65.9 Å². The summed E-state index contributed by atoms with van der Waals surface area (Å²) in [5.74, 6) is -1.78. The fraction of sp³-hybridized carbons (Fsp3) is 0.643. The molecule has 41 heavy (non-hydrogen) atoms. The number of ether oxygens (including phenoxy) is 7. The Balaban J connectivity index is 1.79. The molecule has 1 aromatic carbocycles. The van der Waals surface area contributed by atoms with Crippen LogP contribution in [-0.4, -0.2) is 85.5 Å². The van der Waals surface area contributed by atoms with Crippen LogP contribution >= 0.6 is 0 Å². The normalized spacial score (nSPS) is 24.0. The van der Waals surface area contributed by atoms with E-state index in [1.165, 1.54) is 7.11 Å². The van der Waals surface area contributed by atoms with Gasteiger partial charge in [-0.2, -0.15) is 0 Å². The SMILES string of the molecule is CO[C@H](CN=C(NC(=O)OC(C)(C)C)NC(=O)OC(C)(C)C)[C@H]1O[C@H](OC(=O)c2ccccc2)[C@H]2OC(C)(C)O[C@H]21. The van der Waals surface area contributed by atoms with Gasteiger partial charge < -0.3 is 33.2 Å². The summed E-state index contributed by atoms with van der Waals surface area (Å²) in [5, 5.41) is 4.86. The Labute approximate surface area is 240 Å². The second-order valence-corrected chi connectivity index (χ2v) is 12.0. The summed E-state index contributed by atoms with van der Waals surface area (Å²) >= 11 is 0. The lowest BCUT2D eigenvalue weighted by Crippen LogP contribution is -2.48. The maximum absolute atomic E-state index is 12.8. The van der Waals surface area contributed by atoms with Crippen LogP contribution in [0, 0.1) is 0 Å². The van der Waals surface area contributed by atoms with Crippen LogP contribution in [0.5, 0.6) is 0 Å². The minimum Gasteiger partial charge on any atom is -0.444 e. The van der Waals surface area contributed by atoms with Crippen molar-refractivity contribution in [1.82, 2.24) is 10.6 Å². The van der Waals surface area contributed by atoms with E-state index in [0.29, 0.717) is 5.56 Å². The predicted molar refractivity (Wildman–Crippen MR) is 146 cm³/mol. The lowest BCUT2D eigenvalue weighted by molar-refractivity contribution is -0.231. The minimum absolute atomic E-state index is 0.103. The first-order valence-electron chi connectivity index (χ1n) is 13.3. The standard InChI is InChI=1S/C28H41N3O10/c1-26(2,3)40-24(33)30-23(31-25(34)41-27(4,5)6)29-15-17(35-9)18-19-20(39-28(7,8)38-19)22(36-18)37-21(32)16-13-11-10-12-14-16/h10-14,17-20,22H,15H2,1-9H3,(H2,29,30,31,33,34)/t17-,18-,19+,20+,22-/m1/s1. The fourth-order valence-electron chi connectivity index (χ4n) is 4.14. The molecule has 2 aliphatic rings. The summed E-state index contributed by atoms with van der Waals surface area (Å²) in [6.45, 7) is 13.6. The highest BCUT2D eigenvalue weighted by Gasteiger charge is 2.58. The third kappa shape index (κ3) is 9.66. The van der Waals surface area contributed by atoms with Crippen molar-refractivity contribution in [2.75, 3.05) is 13.7 Å². The van der Waals surface area contributed by atoms with Crippen LogP contribution in [-0.2, 0) is 33.2 Å². The van der Waals surface area contributed by atoms with Gasteiger partial charge in [0.05, 0.1) is 12.1 Å². The zero-order valence-corrected chi connectivity index (χ0v) is 25.0. The molecule has 1 aromatic rings. The van der Waals surface area contributed by atoms with Gasteiger partial charge >= 0.3 is 18.2 Å². The van der Waals surface area contributed by atoms with Crippen LogP contribution < -0.4 is 10.6 Å². The summed E-state index contributed by atoms with van der Waals surface area (Å²) in [7, 11) is 1.45. The molecular weight excluding hydrogens is 538 g/mol. The van der Waals surface area contributed by atoms with Crippen molar-refractivity contribution in [1.29, 1.82) is 0 Å². The molecule has 2 aliphatic heterocycles. The summed E-state index contributed by atoms with van der Waals surface area (Å²) in [6.07, 6.45) is -5.70. The van der Waals surface area contributed by atoms with E-state index in [1.54, 1.807) is 85.7 Å². The molecule has 0 aliphatic carbocycles. The average Bonchev–Trinajstić information content (AvgIpc) is 3.31. The molecule has 0 bridgehead atoms. The molecular formula is C28H41N3O10. The van der Waals surface area contributed by atoms with Crippen molar-refractivity contribution >= 4 is 24.1 Å². The lowest BCUT2D eigenvalue weighted by Gasteiger charge is -2.27. The van der Waals surface area contributed by atoms with Crippen molar-refractivity contribution in [3.63, 3.8) is 0 Å². The number of carbonyl (C=O) groups excluding carboxylic acids is 3. The number of alkyl carbamates (subject to hydrolysis) is 2. The van der Waals surface area contributed by atoms with Crippen LogP contribution in [0.25, 0.3) is 0 Å². The zero-order chi connectivity index (χ0) is 30.6. The van der Waals surface area contributed by atoms with Gasteiger partial charge in [-0.25, -0.2) is 19.4 Å². The molecule has 0 spiro atoms. The quantitative estimate of drug-likeness (QED) is 0.222. The summed E-state index contributed by atoms with van der Waals surface area (Å²) in [6, 6.07) is 8.50. The van der Waals surface area contributed by atoms with Gasteiger partial charge in [0.15, 0.2) is 11.9 Å². The van der Waals surface area contributed by atoms with E-state index in [0.717, 1.165) is 0 Å². The molecule has 2 amide bonds. The number of fused-ring (bicyclic) bond motifs is 1. The topological polar surface area (TPSA) is 152 Å². The molecule has 13 heteroatoms. The predicted octanol–water partition coefficient (Wildman–Crippen LogP) is 3.51. The van der Waals surface area contributed by atoms with Crippen LogP contribution in [0.15, 0.2) is 35.3 Å². The lowest BCUT2D eigenvalue weighted by atomic mass is 10.1. The first-order valence-corrected chi connectivity index (χ1v) is 13.3. The number of guanidine groups is 1. The van der Waals surface area contributed by atoms with Crippen LogP contribution in [0.1, 0.15) is 65.7 Å². The van der Waals surface area contributed by atoms with Gasteiger partial charge in [0, 0.05) is 7.11 Å². The summed E-state index contributed by atoms with van der Waals surface area (Å²) in [4.78, 5) is 42.0. The van der Waals surface area contributed by atoms with Crippen molar-refractivity contribution < 1.29 is 47.5 Å². The van der Waals surface area contributed by atoms with Crippen LogP contribution in [0.3, 0.4) is 0 Å². The first-order chi connectivity index (χ1) is 19.0. The zero-order valence-electron chi connectivity index (χ0n) is 25.0. The first kappa shape index (κ1) is 32.3. The highest BCUT2D eigenvalue weighted by Crippen LogP contribution is 2.40. The third-order valence-corrected chi connectivity index (χ3v) is 5.62. The fourth-order valence-corrected chi connectivity index (χ4v) is 4.14. The second kappa shape index (κ2) is 12.7. The number of amides is 2. The van der Waals surface area contributed by atoms with Gasteiger partial charge in [0.1, 0.15) is 29.5 Å². The molecule has 2 N–H and O–H groups in total. The number of nitrogens with zero attached hydrogens (tertiary/aromatic N) is 1. The average molecular weight is 580 g/mol. The van der Waals surface area contributed by atoms with Gasteiger partial charge in [-0.1, -0.05) is 18.2 Å². The van der Waals surface area contributed by atoms with Crippen LogP contribution in [0.4, 0.5) is 9.59 Å². The smallest absolute Gasteiger partial charge is 0.414 e. The second-order valence-electron chi connectivity index (χ2n) is 12.0. The van der Waals surface area contributed by atoms with Crippen molar-refractivity contribution in [2.24, 2.45) is 4.99 Å². The van der Waals surface area contributed by atoms with Gasteiger partial charge in [-0.3, -0.25) is 10.6 Å². The molecule has 5 atom stereocenters. The minimum atomic E-state index is -1.08. The number of hydrogen-bond acceptors (Lipinski definition) is 11. The van der Waals surface area contributed by atoms with Gasteiger partial charge in [0.2, 0.25) is 12.2 Å². The van der Waals surface area contributed by atoms with Gasteiger partial charge in [0.25, 0.3) is 0 Å². The highest BCUT2D eigenvalue weighted by molar-refractivity contribution is 6.01. The maximum atomic E-state index is 12.8. The third-order valence-electron chi connectivity index (χ3n) is 5.62. The molecule has 3 rings (SSSR count). The number of hydrogen-bond donors (Lipinski definition) is 2. The van der Waals surface area contributed by atoms with Gasteiger partial charge in [-0.05, 0) is 67.5 Å². The van der Waals surface area contributed by atoms with E-state index in [4.69, 9.17) is 33.2 Å². The van der Waals surface area contributed by atoms with E-state index >= 15 is 0 Å². The number of methoxy groups -OCH3 is 1. The molecule has 228 valence electrons. The van der Waals surface area contributed by atoms with E-state index in [1.807, 2.05) is 0 Å².